The van der Waals surface area contributed by atoms with Crippen molar-refractivity contribution in [3.05, 3.63) is 28.8 Å². The maximum Gasteiger partial charge on any atom is 0.186 e. The van der Waals surface area contributed by atoms with Gasteiger partial charge in [-0.25, -0.2) is 17.6 Å². The quantitative estimate of drug-likeness (QED) is 0.546. The average Bonchev–Trinajstić information content (AvgIpc) is 2.20. The van der Waals surface area contributed by atoms with Gasteiger partial charge in [-0.05, 0) is 6.42 Å². The minimum atomic E-state index is -1.64. The van der Waals surface area contributed by atoms with E-state index in [0.717, 1.165) is 6.07 Å². The molecular weight excluding hydrogens is 224 g/mol. The molecule has 0 radical (unpaired) electrons. The van der Waals surface area contributed by atoms with E-state index < -0.39 is 34.5 Å². The van der Waals surface area contributed by atoms with Crippen LogP contribution in [0.3, 0.4) is 0 Å². The number of halogens is 4. The topological polar surface area (TPSA) is 27.0 Å². The Bertz CT molecular complexity index is 460. The monoisotopic (exact) mass is 230 g/mol. The van der Waals surface area contributed by atoms with Gasteiger partial charge >= 0.3 is 0 Å². The van der Waals surface area contributed by atoms with E-state index in [2.05, 4.69) is 0 Å². The molecule has 1 aliphatic rings. The van der Waals surface area contributed by atoms with Gasteiger partial charge in [-0.15, -0.1) is 0 Å². The molecular formula is C10H6F4N2. The van der Waals surface area contributed by atoms with Crippen molar-refractivity contribution in [2.45, 2.75) is 6.42 Å². The van der Waals surface area contributed by atoms with Gasteiger partial charge in [0, 0.05) is 13.1 Å². The third-order valence-electron chi connectivity index (χ3n) is 2.52. The van der Waals surface area contributed by atoms with Crippen molar-refractivity contribution in [1.82, 2.24) is 0 Å². The van der Waals surface area contributed by atoms with Gasteiger partial charge in [-0.3, -0.25) is 0 Å². The predicted octanol–water partition coefficient (Wildman–Crippen LogP) is 2.32. The molecule has 1 aliphatic heterocycles. The first-order valence-corrected chi connectivity index (χ1v) is 4.59. The highest BCUT2D eigenvalue weighted by atomic mass is 19.2. The molecule has 16 heavy (non-hydrogen) atoms. The normalized spacial score (nSPS) is 14.6. The minimum Gasteiger partial charge on any atom is -0.366 e. The molecule has 1 heterocycles. The Labute approximate surface area is 88.7 Å². The van der Waals surface area contributed by atoms with Crippen molar-refractivity contribution in [2.24, 2.45) is 0 Å². The lowest BCUT2D eigenvalue weighted by molar-refractivity contribution is 0.439. The highest BCUT2D eigenvalue weighted by molar-refractivity contribution is 5.55. The van der Waals surface area contributed by atoms with Crippen molar-refractivity contribution in [2.75, 3.05) is 18.0 Å². The fourth-order valence-electron chi connectivity index (χ4n) is 1.54. The fraction of sp³-hybridized carbons (Fsp3) is 0.300. The number of anilines is 1. The van der Waals surface area contributed by atoms with Gasteiger partial charge in [0.05, 0.1) is 0 Å². The summed E-state index contributed by atoms with van der Waals surface area (Å²) in [5.74, 6) is -6.28. The third-order valence-corrected chi connectivity index (χ3v) is 2.52. The minimum absolute atomic E-state index is 0.346. The number of hydrogen-bond acceptors (Lipinski definition) is 2. The first kappa shape index (κ1) is 10.7. The molecule has 0 spiro atoms. The Morgan fingerprint density at radius 3 is 1.75 bits per heavy atom. The third kappa shape index (κ3) is 1.32. The van der Waals surface area contributed by atoms with Crippen molar-refractivity contribution in [1.29, 1.82) is 5.26 Å². The molecule has 0 N–H and O–H groups in total. The second-order valence-corrected chi connectivity index (χ2v) is 3.43. The van der Waals surface area contributed by atoms with E-state index in [1.807, 2.05) is 0 Å². The van der Waals surface area contributed by atoms with Crippen LogP contribution in [0.1, 0.15) is 12.0 Å². The van der Waals surface area contributed by atoms with Crippen LogP contribution in [0.25, 0.3) is 0 Å². The zero-order valence-corrected chi connectivity index (χ0v) is 8.03. The van der Waals surface area contributed by atoms with Crippen LogP contribution >= 0.6 is 0 Å². The van der Waals surface area contributed by atoms with Crippen molar-refractivity contribution in [3.63, 3.8) is 0 Å². The molecule has 0 saturated carbocycles. The number of hydrogen-bond donors (Lipinski definition) is 0. The molecule has 0 bridgehead atoms. The van der Waals surface area contributed by atoms with Crippen LogP contribution < -0.4 is 4.90 Å². The Morgan fingerprint density at radius 1 is 0.938 bits per heavy atom. The van der Waals surface area contributed by atoms with Crippen LogP contribution in [0.15, 0.2) is 0 Å². The zero-order valence-electron chi connectivity index (χ0n) is 8.03. The van der Waals surface area contributed by atoms with Gasteiger partial charge in [0.2, 0.25) is 0 Å². The van der Waals surface area contributed by atoms with E-state index in [4.69, 9.17) is 5.26 Å². The molecule has 0 amide bonds. The lowest BCUT2D eigenvalue weighted by atomic mass is 10.1. The van der Waals surface area contributed by atoms with Crippen molar-refractivity contribution < 1.29 is 17.6 Å². The molecule has 84 valence electrons. The summed E-state index contributed by atoms with van der Waals surface area (Å²) in [5, 5.41) is 8.37. The van der Waals surface area contributed by atoms with Gasteiger partial charge in [0.25, 0.3) is 0 Å². The summed E-state index contributed by atoms with van der Waals surface area (Å²) >= 11 is 0. The molecule has 0 aromatic heterocycles. The molecule has 2 nitrogen and oxygen atoms in total. The Kier molecular flexibility index (Phi) is 2.46. The Morgan fingerprint density at radius 2 is 1.44 bits per heavy atom. The van der Waals surface area contributed by atoms with Crippen LogP contribution in [0.2, 0.25) is 0 Å². The molecule has 0 atom stereocenters. The Hall–Kier alpha value is -1.77. The highest BCUT2D eigenvalue weighted by Crippen LogP contribution is 2.32. The molecule has 1 fully saturated rings. The standard InChI is InChI=1S/C10H6F4N2/c11-6-5(4-15)7(12)9(14)10(8(6)13)16-2-1-3-16/h1-3H2. The average molecular weight is 230 g/mol. The second kappa shape index (κ2) is 3.67. The van der Waals surface area contributed by atoms with E-state index in [1.165, 1.54) is 4.90 Å². The molecule has 0 aliphatic carbocycles. The van der Waals surface area contributed by atoms with E-state index >= 15 is 0 Å². The van der Waals surface area contributed by atoms with Gasteiger partial charge in [-0.1, -0.05) is 0 Å². The summed E-state index contributed by atoms with van der Waals surface area (Å²) in [6, 6.07) is 1.10. The number of rotatable bonds is 1. The smallest absolute Gasteiger partial charge is 0.186 e. The predicted molar refractivity (Wildman–Crippen MR) is 47.8 cm³/mol. The van der Waals surface area contributed by atoms with Gasteiger partial charge in [0.15, 0.2) is 23.3 Å². The van der Waals surface area contributed by atoms with Crippen LogP contribution in [-0.2, 0) is 0 Å². The lowest BCUT2D eigenvalue weighted by Crippen LogP contribution is -2.38. The summed E-state index contributed by atoms with van der Waals surface area (Å²) in [5.41, 5.74) is -1.94. The van der Waals surface area contributed by atoms with E-state index in [0.29, 0.717) is 19.5 Å². The number of benzene rings is 1. The maximum absolute atomic E-state index is 13.4. The van der Waals surface area contributed by atoms with E-state index in [1.54, 1.807) is 0 Å². The molecule has 1 saturated heterocycles. The number of nitrogens with zero attached hydrogens (tertiary/aromatic N) is 2. The first-order valence-electron chi connectivity index (χ1n) is 4.59. The molecule has 1 aromatic rings. The molecule has 2 rings (SSSR count). The van der Waals surface area contributed by atoms with Gasteiger partial charge < -0.3 is 4.90 Å². The zero-order chi connectivity index (χ0) is 11.9. The second-order valence-electron chi connectivity index (χ2n) is 3.43. The van der Waals surface area contributed by atoms with E-state index in [-0.39, 0.29) is 0 Å². The van der Waals surface area contributed by atoms with Crippen LogP contribution in [0.4, 0.5) is 23.2 Å². The maximum atomic E-state index is 13.4. The number of nitriles is 1. The summed E-state index contributed by atoms with van der Waals surface area (Å²) in [6.45, 7) is 0.692. The van der Waals surface area contributed by atoms with Crippen LogP contribution in [-0.4, -0.2) is 13.1 Å². The summed E-state index contributed by atoms with van der Waals surface area (Å²) in [6.07, 6.45) is 0.710. The lowest BCUT2D eigenvalue weighted by Gasteiger charge is -2.33. The Balaban J connectivity index is 2.67. The first-order chi connectivity index (χ1) is 7.57. The molecule has 1 aromatic carbocycles. The van der Waals surface area contributed by atoms with Gasteiger partial charge in [0.1, 0.15) is 17.3 Å². The van der Waals surface area contributed by atoms with Crippen molar-refractivity contribution in [3.8, 4) is 6.07 Å². The summed E-state index contributed by atoms with van der Waals surface area (Å²) in [4.78, 5) is 1.19. The highest BCUT2D eigenvalue weighted by Gasteiger charge is 2.30. The van der Waals surface area contributed by atoms with Crippen LogP contribution in [0.5, 0.6) is 0 Å². The summed E-state index contributed by atoms with van der Waals surface area (Å²) < 4.78 is 53.2. The largest absolute Gasteiger partial charge is 0.366 e. The van der Waals surface area contributed by atoms with Crippen molar-refractivity contribution >= 4 is 5.69 Å². The molecule has 0 unspecified atom stereocenters. The SMILES string of the molecule is N#Cc1c(F)c(F)c(N2CCC2)c(F)c1F. The molecule has 6 heteroatoms. The van der Waals surface area contributed by atoms with Crippen LogP contribution in [0, 0.1) is 34.6 Å². The van der Waals surface area contributed by atoms with Gasteiger partial charge in [-0.2, -0.15) is 5.26 Å². The fourth-order valence-corrected chi connectivity index (χ4v) is 1.54. The summed E-state index contributed by atoms with van der Waals surface area (Å²) in [7, 11) is 0. The van der Waals surface area contributed by atoms with E-state index in [9.17, 15) is 17.6 Å².